The van der Waals surface area contributed by atoms with Crippen LogP contribution in [0.25, 0.3) is 11.0 Å². The molecule has 0 aliphatic carbocycles. The Morgan fingerprint density at radius 2 is 2.21 bits per heavy atom. The molecule has 1 aliphatic rings. The van der Waals surface area contributed by atoms with E-state index in [1.54, 1.807) is 6.20 Å². The summed E-state index contributed by atoms with van der Waals surface area (Å²) in [7, 11) is 0. The third-order valence-electron chi connectivity index (χ3n) is 4.67. The van der Waals surface area contributed by atoms with Gasteiger partial charge in [0.25, 0.3) is 0 Å². The minimum absolute atomic E-state index is 0.213. The van der Waals surface area contributed by atoms with E-state index in [9.17, 15) is 4.79 Å². The molecule has 24 heavy (non-hydrogen) atoms. The topological polar surface area (TPSA) is 66.8 Å². The van der Waals surface area contributed by atoms with Crippen LogP contribution in [0, 0.1) is 0 Å². The number of hydrogen-bond donors (Lipinski definition) is 1. The fourth-order valence-electron chi connectivity index (χ4n) is 3.47. The van der Waals surface area contributed by atoms with Gasteiger partial charge in [0.15, 0.2) is 0 Å². The van der Waals surface area contributed by atoms with Crippen LogP contribution in [0.5, 0.6) is 0 Å². The Labute approximate surface area is 140 Å². The highest BCUT2D eigenvalue weighted by Gasteiger charge is 2.28. The number of rotatable bonds is 5. The zero-order chi connectivity index (χ0) is 16.4. The molecule has 2 aromatic heterocycles. The predicted octanol–water partition coefficient (Wildman–Crippen LogP) is 2.38. The van der Waals surface area contributed by atoms with Crippen LogP contribution in [0.2, 0.25) is 0 Å². The monoisotopic (exact) mass is 323 g/mol. The van der Waals surface area contributed by atoms with Crippen LogP contribution in [0.3, 0.4) is 0 Å². The first-order chi connectivity index (χ1) is 11.8. The molecule has 4 rings (SSSR count). The third kappa shape index (κ3) is 3.04. The Hall–Kier alpha value is -2.63. The summed E-state index contributed by atoms with van der Waals surface area (Å²) in [6.07, 6.45) is 7.00. The van der Waals surface area contributed by atoms with Crippen molar-refractivity contribution in [1.82, 2.24) is 24.6 Å². The Morgan fingerprint density at radius 3 is 3.04 bits per heavy atom. The van der Waals surface area contributed by atoms with Crippen molar-refractivity contribution in [3.8, 4) is 0 Å². The molecule has 0 bridgehead atoms. The third-order valence-corrected chi connectivity index (χ3v) is 4.67. The lowest BCUT2D eigenvalue weighted by Crippen LogP contribution is -2.38. The van der Waals surface area contributed by atoms with Gasteiger partial charge in [-0.25, -0.2) is 4.98 Å². The van der Waals surface area contributed by atoms with Crippen LogP contribution in [0.1, 0.15) is 25.1 Å². The molecular weight excluding hydrogens is 302 g/mol. The summed E-state index contributed by atoms with van der Waals surface area (Å²) in [6, 6.07) is 10.1. The van der Waals surface area contributed by atoms with Crippen LogP contribution in [0.4, 0.5) is 0 Å². The normalized spacial score (nSPS) is 17.7. The summed E-state index contributed by atoms with van der Waals surface area (Å²) < 4.78 is 1.91. The zero-order valence-corrected chi connectivity index (χ0v) is 13.6. The van der Waals surface area contributed by atoms with Gasteiger partial charge in [0.1, 0.15) is 5.82 Å². The molecule has 0 spiro atoms. The number of carbonyl (C=O) groups is 1. The standard InChI is InChI=1S/C18H21N5O/c24-18(9-8-17-20-15-6-1-2-7-16(15)21-17)23-12-3-5-14(23)13-22-11-4-10-19-22/h1-2,4,6-7,10-11,14H,3,5,8-9,12-13H2,(H,20,21)/t14-/m0/s1. The minimum Gasteiger partial charge on any atom is -0.342 e. The molecule has 1 saturated heterocycles. The Morgan fingerprint density at radius 1 is 1.29 bits per heavy atom. The van der Waals surface area contributed by atoms with Gasteiger partial charge in [-0.2, -0.15) is 5.10 Å². The second kappa shape index (κ2) is 6.47. The maximum Gasteiger partial charge on any atom is 0.223 e. The summed E-state index contributed by atoms with van der Waals surface area (Å²) in [5.41, 5.74) is 1.98. The highest BCUT2D eigenvalue weighted by molar-refractivity contribution is 5.78. The number of amides is 1. The van der Waals surface area contributed by atoms with Gasteiger partial charge in [-0.05, 0) is 31.0 Å². The molecule has 1 aromatic carbocycles. The van der Waals surface area contributed by atoms with E-state index in [1.807, 2.05) is 46.1 Å². The molecule has 0 saturated carbocycles. The van der Waals surface area contributed by atoms with Crippen molar-refractivity contribution in [2.75, 3.05) is 6.54 Å². The van der Waals surface area contributed by atoms with E-state index < -0.39 is 0 Å². The molecule has 1 amide bonds. The number of nitrogens with one attached hydrogen (secondary N) is 1. The van der Waals surface area contributed by atoms with E-state index in [2.05, 4.69) is 15.1 Å². The maximum atomic E-state index is 12.6. The predicted molar refractivity (Wildman–Crippen MR) is 91.4 cm³/mol. The van der Waals surface area contributed by atoms with Crippen molar-refractivity contribution in [1.29, 1.82) is 0 Å². The van der Waals surface area contributed by atoms with Crippen molar-refractivity contribution in [2.45, 2.75) is 38.3 Å². The minimum atomic E-state index is 0.213. The Balaban J connectivity index is 1.38. The smallest absolute Gasteiger partial charge is 0.223 e. The lowest BCUT2D eigenvalue weighted by Gasteiger charge is -2.24. The number of benzene rings is 1. The summed E-state index contributed by atoms with van der Waals surface area (Å²) in [4.78, 5) is 22.5. The largest absolute Gasteiger partial charge is 0.342 e. The first-order valence-corrected chi connectivity index (χ1v) is 8.50. The lowest BCUT2D eigenvalue weighted by atomic mass is 10.2. The van der Waals surface area contributed by atoms with Crippen molar-refractivity contribution >= 4 is 16.9 Å². The first-order valence-electron chi connectivity index (χ1n) is 8.50. The lowest BCUT2D eigenvalue weighted by molar-refractivity contribution is -0.132. The molecule has 0 radical (unpaired) electrons. The fraction of sp³-hybridized carbons (Fsp3) is 0.389. The van der Waals surface area contributed by atoms with Crippen molar-refractivity contribution in [3.63, 3.8) is 0 Å². The summed E-state index contributed by atoms with van der Waals surface area (Å²) in [6.45, 7) is 1.63. The van der Waals surface area contributed by atoms with Crippen molar-refractivity contribution < 1.29 is 4.79 Å². The molecule has 1 atom stereocenters. The van der Waals surface area contributed by atoms with Gasteiger partial charge < -0.3 is 9.88 Å². The van der Waals surface area contributed by atoms with Crippen molar-refractivity contribution in [2.24, 2.45) is 0 Å². The van der Waals surface area contributed by atoms with E-state index in [4.69, 9.17) is 0 Å². The van der Waals surface area contributed by atoms with Gasteiger partial charge in [-0.1, -0.05) is 12.1 Å². The first kappa shape index (κ1) is 14.9. The number of carbonyl (C=O) groups excluding carboxylic acids is 1. The molecular formula is C18H21N5O. The van der Waals surface area contributed by atoms with Gasteiger partial charge in [0.05, 0.1) is 23.6 Å². The molecule has 6 nitrogen and oxygen atoms in total. The van der Waals surface area contributed by atoms with Gasteiger partial charge in [-0.3, -0.25) is 9.48 Å². The number of H-pyrrole nitrogens is 1. The van der Waals surface area contributed by atoms with E-state index in [0.29, 0.717) is 12.8 Å². The number of imidazole rings is 1. The summed E-state index contributed by atoms with van der Waals surface area (Å²) in [5, 5.41) is 4.26. The van der Waals surface area contributed by atoms with Crippen LogP contribution < -0.4 is 0 Å². The molecule has 3 aromatic rings. The molecule has 1 aliphatic heterocycles. The summed E-state index contributed by atoms with van der Waals surface area (Å²) >= 11 is 0. The van der Waals surface area contributed by atoms with E-state index in [0.717, 1.165) is 42.8 Å². The van der Waals surface area contributed by atoms with Crippen LogP contribution in [0.15, 0.2) is 42.7 Å². The number of nitrogens with zero attached hydrogens (tertiary/aromatic N) is 4. The second-order valence-corrected chi connectivity index (χ2v) is 6.31. The van der Waals surface area contributed by atoms with Crippen LogP contribution in [-0.4, -0.2) is 43.1 Å². The molecule has 124 valence electrons. The SMILES string of the molecule is O=C(CCc1nc2ccccc2[nH]1)N1CCC[C@H]1Cn1cccn1. The average molecular weight is 323 g/mol. The molecule has 1 N–H and O–H groups in total. The number of aromatic nitrogens is 4. The number of hydrogen-bond acceptors (Lipinski definition) is 3. The number of aryl methyl sites for hydroxylation is 1. The number of fused-ring (bicyclic) bond motifs is 1. The highest BCUT2D eigenvalue weighted by Crippen LogP contribution is 2.20. The van der Waals surface area contributed by atoms with E-state index in [-0.39, 0.29) is 11.9 Å². The molecule has 6 heteroatoms. The van der Waals surface area contributed by atoms with Crippen LogP contribution >= 0.6 is 0 Å². The maximum absolute atomic E-state index is 12.6. The van der Waals surface area contributed by atoms with E-state index in [1.165, 1.54) is 0 Å². The highest BCUT2D eigenvalue weighted by atomic mass is 16.2. The van der Waals surface area contributed by atoms with Gasteiger partial charge in [0, 0.05) is 31.8 Å². The van der Waals surface area contributed by atoms with Gasteiger partial charge >= 0.3 is 0 Å². The Bertz CT molecular complexity index is 790. The Kier molecular flexibility index (Phi) is 4.02. The van der Waals surface area contributed by atoms with Crippen molar-refractivity contribution in [3.05, 3.63) is 48.5 Å². The number of para-hydroxylation sites is 2. The molecule has 0 unspecified atom stereocenters. The quantitative estimate of drug-likeness (QED) is 0.784. The number of aromatic amines is 1. The molecule has 3 heterocycles. The second-order valence-electron chi connectivity index (χ2n) is 6.31. The molecule has 1 fully saturated rings. The fourth-order valence-corrected chi connectivity index (χ4v) is 3.47. The number of likely N-dealkylation sites (tertiary alicyclic amines) is 1. The summed E-state index contributed by atoms with van der Waals surface area (Å²) in [5.74, 6) is 1.09. The van der Waals surface area contributed by atoms with E-state index >= 15 is 0 Å². The van der Waals surface area contributed by atoms with Crippen LogP contribution in [-0.2, 0) is 17.8 Å². The van der Waals surface area contributed by atoms with Gasteiger partial charge in [0.2, 0.25) is 5.91 Å². The average Bonchev–Trinajstić information content (AvgIpc) is 3.33. The zero-order valence-electron chi connectivity index (χ0n) is 13.6. The van der Waals surface area contributed by atoms with Gasteiger partial charge in [-0.15, -0.1) is 0 Å².